The number of hydrogen-bond donors (Lipinski definition) is 2. The molecule has 0 radical (unpaired) electrons. The van der Waals surface area contributed by atoms with E-state index in [0.717, 1.165) is 12.1 Å². The van der Waals surface area contributed by atoms with Gasteiger partial charge in [0.15, 0.2) is 0 Å². The summed E-state index contributed by atoms with van der Waals surface area (Å²) in [5, 5.41) is 5.38. The lowest BCUT2D eigenvalue weighted by Crippen LogP contribution is -2.47. The molecule has 10 heteroatoms. The van der Waals surface area contributed by atoms with Crippen molar-refractivity contribution in [3.05, 3.63) is 36.1 Å². The number of nitrogens with zero attached hydrogens (tertiary/aromatic N) is 1. The van der Waals surface area contributed by atoms with Crippen molar-refractivity contribution in [2.24, 2.45) is 0 Å². The molecular weight excluding hydrogens is 379 g/mol. The van der Waals surface area contributed by atoms with Crippen molar-refractivity contribution in [1.82, 2.24) is 10.2 Å². The maximum atomic E-state index is 12.3. The van der Waals surface area contributed by atoms with E-state index in [-0.39, 0.29) is 17.7 Å². The predicted octanol–water partition coefficient (Wildman–Crippen LogP) is 3.00. The minimum absolute atomic E-state index is 0.0263. The molecule has 2 heterocycles. The number of nitrogens with one attached hydrogen (secondary N) is 2. The van der Waals surface area contributed by atoms with Crippen molar-refractivity contribution in [2.75, 3.05) is 25.0 Å². The van der Waals surface area contributed by atoms with E-state index in [1.807, 2.05) is 0 Å². The van der Waals surface area contributed by atoms with E-state index in [0.29, 0.717) is 50.2 Å². The van der Waals surface area contributed by atoms with Gasteiger partial charge in [-0.15, -0.1) is 13.2 Å². The largest absolute Gasteiger partial charge is 0.573 e. The normalized spacial score (nSPS) is 17.5. The second-order valence-corrected chi connectivity index (χ2v) is 6.50. The quantitative estimate of drug-likeness (QED) is 0.816. The number of carbonyl (C=O) groups excluding carboxylic acids is 2. The fourth-order valence-corrected chi connectivity index (χ4v) is 3.07. The van der Waals surface area contributed by atoms with Gasteiger partial charge >= 0.3 is 12.4 Å². The lowest BCUT2D eigenvalue weighted by atomic mass is 10.0. The Labute approximate surface area is 159 Å². The van der Waals surface area contributed by atoms with Gasteiger partial charge in [-0.2, -0.15) is 0 Å². The number of likely N-dealkylation sites (tertiary alicyclic amines) is 1. The molecule has 2 aliphatic heterocycles. The molecule has 1 aromatic rings. The lowest BCUT2D eigenvalue weighted by molar-refractivity contribution is -0.274. The first-order valence-electron chi connectivity index (χ1n) is 8.83. The molecule has 2 N–H and O–H groups in total. The Morgan fingerprint density at radius 1 is 1.14 bits per heavy atom. The zero-order valence-corrected chi connectivity index (χ0v) is 14.9. The second kappa shape index (κ2) is 8.41. The molecule has 3 amide bonds. The number of carbonyl (C=O) groups is 2. The van der Waals surface area contributed by atoms with Gasteiger partial charge in [0, 0.05) is 31.2 Å². The smallest absolute Gasteiger partial charge is 0.500 e. The lowest BCUT2D eigenvalue weighted by Gasteiger charge is -2.32. The van der Waals surface area contributed by atoms with Crippen LogP contribution in [0.1, 0.15) is 19.3 Å². The van der Waals surface area contributed by atoms with E-state index in [1.165, 1.54) is 18.4 Å². The van der Waals surface area contributed by atoms with Gasteiger partial charge in [-0.25, -0.2) is 4.79 Å². The van der Waals surface area contributed by atoms with Gasteiger partial charge in [-0.3, -0.25) is 4.79 Å². The van der Waals surface area contributed by atoms with Crippen LogP contribution in [-0.4, -0.2) is 48.9 Å². The zero-order valence-electron chi connectivity index (χ0n) is 14.9. The molecule has 0 unspecified atom stereocenters. The maximum absolute atomic E-state index is 12.3. The molecule has 0 aliphatic carbocycles. The highest BCUT2D eigenvalue weighted by Crippen LogP contribution is 2.24. The molecule has 1 saturated heterocycles. The first-order valence-corrected chi connectivity index (χ1v) is 8.83. The Morgan fingerprint density at radius 3 is 2.39 bits per heavy atom. The number of urea groups is 1. The minimum Gasteiger partial charge on any atom is -0.500 e. The number of alkyl halides is 3. The zero-order chi connectivity index (χ0) is 20.1. The number of benzene rings is 1. The average Bonchev–Trinajstić information content (AvgIpc) is 3.17. The Bertz CT molecular complexity index is 741. The van der Waals surface area contributed by atoms with Gasteiger partial charge in [-0.1, -0.05) is 0 Å². The molecular formula is C18H20F3N3O4. The fraction of sp³-hybridized carbons (Fsp3) is 0.444. The first-order chi connectivity index (χ1) is 13.3. The number of halogens is 3. The van der Waals surface area contributed by atoms with E-state index < -0.39 is 12.4 Å². The highest BCUT2D eigenvalue weighted by Gasteiger charge is 2.31. The van der Waals surface area contributed by atoms with Crippen molar-refractivity contribution in [1.29, 1.82) is 0 Å². The summed E-state index contributed by atoms with van der Waals surface area (Å²) in [6, 6.07) is 4.33. The standard InChI is InChI=1S/C18H20F3N3O4/c19-18(20,21)28-15-3-1-13(2-4-15)22-17(26)23-14-5-8-24(9-6-14)16(25)12-7-10-27-11-12/h1-4,11,14H,5-10H2,(H2,22,23,26). The van der Waals surface area contributed by atoms with Crippen molar-refractivity contribution in [3.63, 3.8) is 0 Å². The molecule has 2 aliphatic rings. The third-order valence-electron chi connectivity index (χ3n) is 4.45. The summed E-state index contributed by atoms with van der Waals surface area (Å²) in [5.41, 5.74) is 1.01. The van der Waals surface area contributed by atoms with E-state index in [4.69, 9.17) is 4.74 Å². The summed E-state index contributed by atoms with van der Waals surface area (Å²) < 4.78 is 45.3. The highest BCUT2D eigenvalue weighted by atomic mass is 19.4. The monoisotopic (exact) mass is 399 g/mol. The fourth-order valence-electron chi connectivity index (χ4n) is 3.07. The molecule has 3 rings (SSSR count). The number of hydrogen-bond acceptors (Lipinski definition) is 4. The van der Waals surface area contributed by atoms with Crippen LogP contribution in [0.2, 0.25) is 0 Å². The van der Waals surface area contributed by atoms with Crippen molar-refractivity contribution in [3.8, 4) is 5.75 Å². The molecule has 0 saturated carbocycles. The second-order valence-electron chi connectivity index (χ2n) is 6.50. The van der Waals surface area contributed by atoms with Gasteiger partial charge in [-0.05, 0) is 37.1 Å². The summed E-state index contributed by atoms with van der Waals surface area (Å²) in [5.74, 6) is -0.389. The van der Waals surface area contributed by atoms with Crippen LogP contribution >= 0.6 is 0 Å². The molecule has 7 nitrogen and oxygen atoms in total. The van der Waals surface area contributed by atoms with Gasteiger partial charge < -0.3 is 25.0 Å². The summed E-state index contributed by atoms with van der Waals surface area (Å²) in [7, 11) is 0. The molecule has 1 aromatic carbocycles. The highest BCUT2D eigenvalue weighted by molar-refractivity contribution is 5.93. The first kappa shape index (κ1) is 19.8. The summed E-state index contributed by atoms with van der Waals surface area (Å²) in [6.45, 7) is 1.60. The molecule has 152 valence electrons. The van der Waals surface area contributed by atoms with E-state index in [9.17, 15) is 22.8 Å². The Kier molecular flexibility index (Phi) is 5.96. The van der Waals surface area contributed by atoms with Crippen LogP contribution in [0.5, 0.6) is 5.75 Å². The van der Waals surface area contributed by atoms with Gasteiger partial charge in [0.2, 0.25) is 0 Å². The van der Waals surface area contributed by atoms with E-state index >= 15 is 0 Å². The van der Waals surface area contributed by atoms with Crippen LogP contribution in [0, 0.1) is 0 Å². The van der Waals surface area contributed by atoms with Gasteiger partial charge in [0.1, 0.15) is 5.75 Å². The maximum Gasteiger partial charge on any atom is 0.573 e. The number of rotatable bonds is 4. The third-order valence-corrected chi connectivity index (χ3v) is 4.45. The third kappa shape index (κ3) is 5.54. The molecule has 0 atom stereocenters. The Morgan fingerprint density at radius 2 is 1.82 bits per heavy atom. The average molecular weight is 399 g/mol. The van der Waals surface area contributed by atoms with Gasteiger partial charge in [0.25, 0.3) is 5.91 Å². The Hall–Kier alpha value is -2.91. The summed E-state index contributed by atoms with van der Waals surface area (Å²) >= 11 is 0. The molecule has 28 heavy (non-hydrogen) atoms. The molecule has 0 aromatic heterocycles. The van der Waals surface area contributed by atoms with Crippen LogP contribution in [0.3, 0.4) is 0 Å². The van der Waals surface area contributed by atoms with Crippen molar-refractivity contribution < 1.29 is 32.2 Å². The van der Waals surface area contributed by atoms with E-state index in [1.54, 1.807) is 4.90 Å². The Balaban J connectivity index is 1.42. The number of anilines is 1. The number of amides is 3. The minimum atomic E-state index is -4.76. The number of piperidine rings is 1. The molecule has 0 spiro atoms. The SMILES string of the molecule is O=C(Nc1ccc(OC(F)(F)F)cc1)NC1CCN(C(=O)C2=COCC2)CC1. The van der Waals surface area contributed by atoms with Crippen LogP contribution in [-0.2, 0) is 9.53 Å². The molecule has 1 fully saturated rings. The number of ether oxygens (including phenoxy) is 2. The van der Waals surface area contributed by atoms with Crippen molar-refractivity contribution in [2.45, 2.75) is 31.7 Å². The van der Waals surface area contributed by atoms with Crippen LogP contribution < -0.4 is 15.4 Å². The predicted molar refractivity (Wildman–Crippen MR) is 93.5 cm³/mol. The van der Waals surface area contributed by atoms with Crippen LogP contribution in [0.25, 0.3) is 0 Å². The summed E-state index contributed by atoms with van der Waals surface area (Å²) in [6.07, 6.45) is -1.40. The van der Waals surface area contributed by atoms with E-state index in [2.05, 4.69) is 15.4 Å². The van der Waals surface area contributed by atoms with Crippen molar-refractivity contribution >= 4 is 17.6 Å². The summed E-state index contributed by atoms with van der Waals surface area (Å²) in [4.78, 5) is 26.1. The molecule has 0 bridgehead atoms. The van der Waals surface area contributed by atoms with Gasteiger partial charge in [0.05, 0.1) is 18.4 Å². The van der Waals surface area contributed by atoms with Crippen LogP contribution in [0.4, 0.5) is 23.7 Å². The van der Waals surface area contributed by atoms with Crippen LogP contribution in [0.15, 0.2) is 36.1 Å². The topological polar surface area (TPSA) is 79.9 Å².